The smallest absolute Gasteiger partial charge is 0.247 e. The summed E-state index contributed by atoms with van der Waals surface area (Å²) in [5, 5.41) is 9.09. The minimum Gasteiger partial charge on any atom is -0.382 e. The van der Waals surface area contributed by atoms with Crippen LogP contribution in [-0.4, -0.2) is 31.3 Å². The molecule has 6 heteroatoms. The molecule has 1 rings (SSSR count). The quantitative estimate of drug-likeness (QED) is 0.724. The molecule has 0 aromatic heterocycles. The molecule has 0 aliphatic heterocycles. The Balaban J connectivity index is 2.70. The Morgan fingerprint density at radius 1 is 1.31 bits per heavy atom. The van der Waals surface area contributed by atoms with Crippen molar-refractivity contribution in [3.8, 4) is 0 Å². The number of carbonyl (C=O) groups is 1. The van der Waals surface area contributed by atoms with Gasteiger partial charge in [-0.05, 0) is 5.56 Å². The first kappa shape index (κ1) is 12.7. The summed E-state index contributed by atoms with van der Waals surface area (Å²) in [5.41, 5.74) is 5.39. The van der Waals surface area contributed by atoms with Gasteiger partial charge in [-0.3, -0.25) is 4.79 Å². The van der Waals surface area contributed by atoms with E-state index in [9.17, 15) is 13.2 Å². The molecular weight excluding hydrogens is 230 g/mol. The maximum absolute atomic E-state index is 11.5. The zero-order chi connectivity index (χ0) is 12.2. The van der Waals surface area contributed by atoms with E-state index in [0.29, 0.717) is 5.56 Å². The van der Waals surface area contributed by atoms with Crippen molar-refractivity contribution in [3.63, 3.8) is 0 Å². The number of hydrogen-bond acceptors (Lipinski definition) is 4. The summed E-state index contributed by atoms with van der Waals surface area (Å²) in [6, 6.07) is 8.53. The number of aliphatic hydroxyl groups excluding tert-OH is 1. The summed E-state index contributed by atoms with van der Waals surface area (Å²) in [4.78, 5) is 10.5. The average molecular weight is 243 g/mol. The Kier molecular flexibility index (Phi) is 4.03. The minimum absolute atomic E-state index is 0.210. The molecule has 0 radical (unpaired) electrons. The lowest BCUT2D eigenvalue weighted by atomic mass is 10.2. The van der Waals surface area contributed by atoms with E-state index >= 15 is 0 Å². The summed E-state index contributed by atoms with van der Waals surface area (Å²) in [5.74, 6) is -1.88. The Bertz CT molecular complexity index is 455. The molecule has 0 saturated heterocycles. The Hall–Kier alpha value is -1.40. The number of rotatable bonds is 5. The lowest BCUT2D eigenvalue weighted by Crippen LogP contribution is -2.35. The van der Waals surface area contributed by atoms with Crippen molar-refractivity contribution in [3.05, 3.63) is 35.9 Å². The summed E-state index contributed by atoms with van der Waals surface area (Å²) in [6.45, 7) is 0. The first-order chi connectivity index (χ1) is 7.41. The van der Waals surface area contributed by atoms with Crippen molar-refractivity contribution < 1.29 is 18.3 Å². The summed E-state index contributed by atoms with van der Waals surface area (Å²) in [6.07, 6.45) is -1.64. The van der Waals surface area contributed by atoms with E-state index < -0.39 is 27.6 Å². The van der Waals surface area contributed by atoms with Crippen LogP contribution in [0.25, 0.3) is 0 Å². The van der Waals surface area contributed by atoms with Crippen LogP contribution in [0.1, 0.15) is 5.56 Å². The summed E-state index contributed by atoms with van der Waals surface area (Å²) < 4.78 is 23.1. The molecule has 0 aliphatic rings. The summed E-state index contributed by atoms with van der Waals surface area (Å²) >= 11 is 0. The Labute approximate surface area is 93.8 Å². The second kappa shape index (κ2) is 5.09. The number of nitrogens with two attached hydrogens (primary N) is 1. The molecule has 16 heavy (non-hydrogen) atoms. The number of hydrogen-bond donors (Lipinski definition) is 2. The van der Waals surface area contributed by atoms with Crippen molar-refractivity contribution in [2.45, 2.75) is 11.9 Å². The molecule has 0 aliphatic carbocycles. The largest absolute Gasteiger partial charge is 0.382 e. The van der Waals surface area contributed by atoms with Gasteiger partial charge in [0.25, 0.3) is 0 Å². The molecule has 1 unspecified atom stereocenters. The molecule has 1 amide bonds. The molecule has 1 aromatic rings. The fourth-order valence-electron chi connectivity index (χ4n) is 1.21. The molecule has 5 nitrogen and oxygen atoms in total. The highest BCUT2D eigenvalue weighted by Gasteiger charge is 2.21. The van der Waals surface area contributed by atoms with Crippen molar-refractivity contribution >= 4 is 15.7 Å². The van der Waals surface area contributed by atoms with Crippen LogP contribution < -0.4 is 5.73 Å². The van der Waals surface area contributed by atoms with E-state index in [2.05, 4.69) is 0 Å². The Morgan fingerprint density at radius 2 is 1.88 bits per heavy atom. The van der Waals surface area contributed by atoms with Gasteiger partial charge in [0, 0.05) is 0 Å². The van der Waals surface area contributed by atoms with Gasteiger partial charge in [-0.15, -0.1) is 0 Å². The van der Waals surface area contributed by atoms with Gasteiger partial charge >= 0.3 is 0 Å². The van der Waals surface area contributed by atoms with Gasteiger partial charge in [0.2, 0.25) is 5.91 Å². The van der Waals surface area contributed by atoms with Crippen LogP contribution in [-0.2, 0) is 20.4 Å². The van der Waals surface area contributed by atoms with E-state index in [4.69, 9.17) is 10.8 Å². The van der Waals surface area contributed by atoms with E-state index in [-0.39, 0.29) is 5.75 Å². The Morgan fingerprint density at radius 3 is 2.38 bits per heavy atom. The van der Waals surface area contributed by atoms with E-state index in [1.807, 2.05) is 0 Å². The third-order valence-electron chi connectivity index (χ3n) is 1.97. The molecule has 1 atom stereocenters. The molecule has 0 fully saturated rings. The molecular formula is C10H13NO4S. The van der Waals surface area contributed by atoms with Crippen molar-refractivity contribution in [1.29, 1.82) is 0 Å². The van der Waals surface area contributed by atoms with Crippen LogP contribution in [0.3, 0.4) is 0 Å². The monoisotopic (exact) mass is 243 g/mol. The van der Waals surface area contributed by atoms with Gasteiger partial charge in [-0.1, -0.05) is 30.3 Å². The zero-order valence-corrected chi connectivity index (χ0v) is 9.35. The van der Waals surface area contributed by atoms with Crippen LogP contribution in [0.5, 0.6) is 0 Å². The van der Waals surface area contributed by atoms with Crippen LogP contribution >= 0.6 is 0 Å². The van der Waals surface area contributed by atoms with Gasteiger partial charge in [-0.25, -0.2) is 8.42 Å². The molecule has 3 N–H and O–H groups in total. The van der Waals surface area contributed by atoms with Crippen molar-refractivity contribution in [1.82, 2.24) is 0 Å². The van der Waals surface area contributed by atoms with Gasteiger partial charge in [0.15, 0.2) is 9.84 Å². The third kappa shape index (κ3) is 4.00. The molecule has 0 spiro atoms. The maximum Gasteiger partial charge on any atom is 0.247 e. The number of amides is 1. The zero-order valence-electron chi connectivity index (χ0n) is 8.54. The molecule has 1 aromatic carbocycles. The van der Waals surface area contributed by atoms with Crippen molar-refractivity contribution in [2.75, 3.05) is 5.75 Å². The fraction of sp³-hybridized carbons (Fsp3) is 0.300. The molecule has 0 heterocycles. The van der Waals surface area contributed by atoms with Gasteiger partial charge in [-0.2, -0.15) is 0 Å². The number of primary amides is 1. The highest BCUT2D eigenvalue weighted by atomic mass is 32.2. The standard InChI is InChI=1S/C10H13NO4S/c11-10(13)9(12)7-16(14,15)6-8-4-2-1-3-5-8/h1-5,9,12H,6-7H2,(H2,11,13). The fourth-order valence-corrected chi connectivity index (χ4v) is 2.67. The van der Waals surface area contributed by atoms with Crippen LogP contribution in [0, 0.1) is 0 Å². The second-order valence-corrected chi connectivity index (χ2v) is 5.57. The molecule has 0 saturated carbocycles. The van der Waals surface area contributed by atoms with Crippen LogP contribution in [0.4, 0.5) is 0 Å². The van der Waals surface area contributed by atoms with Gasteiger partial charge in [0.1, 0.15) is 6.10 Å². The number of aliphatic hydroxyl groups is 1. The van der Waals surface area contributed by atoms with Crippen LogP contribution in [0.2, 0.25) is 0 Å². The minimum atomic E-state index is -3.53. The predicted octanol–water partition coefficient (Wildman–Crippen LogP) is -0.552. The van der Waals surface area contributed by atoms with Gasteiger partial charge < -0.3 is 10.8 Å². The van der Waals surface area contributed by atoms with Crippen LogP contribution in [0.15, 0.2) is 30.3 Å². The second-order valence-electron chi connectivity index (χ2n) is 3.46. The number of benzene rings is 1. The topological polar surface area (TPSA) is 97.5 Å². The van der Waals surface area contributed by atoms with E-state index in [0.717, 1.165) is 0 Å². The summed E-state index contributed by atoms with van der Waals surface area (Å²) in [7, 11) is -3.53. The van der Waals surface area contributed by atoms with E-state index in [1.54, 1.807) is 30.3 Å². The third-order valence-corrected chi connectivity index (χ3v) is 3.57. The van der Waals surface area contributed by atoms with Gasteiger partial charge in [0.05, 0.1) is 11.5 Å². The molecule has 0 bridgehead atoms. The average Bonchev–Trinajstić information content (AvgIpc) is 2.17. The van der Waals surface area contributed by atoms with Crippen molar-refractivity contribution in [2.24, 2.45) is 5.73 Å². The normalized spacial score (nSPS) is 13.3. The SMILES string of the molecule is NC(=O)C(O)CS(=O)(=O)Cc1ccccc1. The maximum atomic E-state index is 11.5. The highest BCUT2D eigenvalue weighted by Crippen LogP contribution is 2.07. The first-order valence-electron chi connectivity index (χ1n) is 4.62. The first-order valence-corrected chi connectivity index (χ1v) is 6.44. The highest BCUT2D eigenvalue weighted by molar-refractivity contribution is 7.90. The lowest BCUT2D eigenvalue weighted by molar-refractivity contribution is -0.124. The predicted molar refractivity (Wildman–Crippen MR) is 59.1 cm³/mol. The lowest BCUT2D eigenvalue weighted by Gasteiger charge is -2.07. The molecule has 88 valence electrons. The number of carbonyl (C=O) groups excluding carboxylic acids is 1. The number of sulfone groups is 1. The van der Waals surface area contributed by atoms with E-state index in [1.165, 1.54) is 0 Å².